The van der Waals surface area contributed by atoms with Crippen molar-refractivity contribution in [2.75, 3.05) is 33.0 Å². The number of hydrogen-bond donors (Lipinski definition) is 1. The Bertz CT molecular complexity index is 301. The van der Waals surface area contributed by atoms with Crippen molar-refractivity contribution in [2.24, 2.45) is 0 Å². The van der Waals surface area contributed by atoms with Crippen LogP contribution >= 0.6 is 0 Å². The third-order valence-electron chi connectivity index (χ3n) is 3.78. The number of ether oxygens (including phenoxy) is 5. The Balaban J connectivity index is 2.84. The predicted octanol–water partition coefficient (Wildman–Crippen LogP) is 2.52. The first kappa shape index (κ1) is 21.8. The highest BCUT2D eigenvalue weighted by Crippen LogP contribution is 2.28. The third kappa shape index (κ3) is 6.94. The topological polar surface area (TPSA) is 66.4 Å². The fraction of sp³-hybridized carbons (Fsp3) is 1.00. The fourth-order valence-corrected chi connectivity index (χ4v) is 2.70. The summed E-state index contributed by atoms with van der Waals surface area (Å²) in [6.45, 7) is 11.0. The lowest BCUT2D eigenvalue weighted by Gasteiger charge is -2.44. The molecule has 0 aliphatic carbocycles. The molecular formula is C18H36O6. The highest BCUT2D eigenvalue weighted by molar-refractivity contribution is 4.92. The first-order valence-electron chi connectivity index (χ1n) is 9.45. The van der Waals surface area contributed by atoms with Gasteiger partial charge in [-0.25, -0.2) is 0 Å². The van der Waals surface area contributed by atoms with Crippen molar-refractivity contribution in [3.63, 3.8) is 0 Å². The van der Waals surface area contributed by atoms with E-state index in [1.54, 1.807) is 0 Å². The Kier molecular flexibility index (Phi) is 11.8. The number of rotatable bonds is 13. The predicted molar refractivity (Wildman–Crippen MR) is 92.1 cm³/mol. The first-order chi connectivity index (χ1) is 11.7. The van der Waals surface area contributed by atoms with E-state index in [9.17, 15) is 5.11 Å². The molecule has 0 saturated carbocycles. The lowest BCUT2D eigenvalue weighted by Crippen LogP contribution is -2.61. The summed E-state index contributed by atoms with van der Waals surface area (Å²) in [6.07, 6.45) is 1.01. The van der Waals surface area contributed by atoms with Gasteiger partial charge < -0.3 is 28.8 Å². The summed E-state index contributed by atoms with van der Waals surface area (Å²) in [5, 5.41) is 10.4. The minimum atomic E-state index is -1.03. The van der Waals surface area contributed by atoms with Gasteiger partial charge in [-0.15, -0.1) is 0 Å². The normalized spacial score (nSPS) is 30.6. The maximum absolute atomic E-state index is 10.4. The van der Waals surface area contributed by atoms with Crippen LogP contribution in [0.15, 0.2) is 0 Å². The van der Waals surface area contributed by atoms with Crippen molar-refractivity contribution < 1.29 is 28.8 Å². The summed E-state index contributed by atoms with van der Waals surface area (Å²) in [6, 6.07) is 0. The first-order valence-corrected chi connectivity index (χ1v) is 9.45. The number of aliphatic hydroxyl groups excluding tert-OH is 1. The maximum Gasteiger partial charge on any atom is 0.184 e. The Labute approximate surface area is 146 Å². The van der Waals surface area contributed by atoms with Gasteiger partial charge in [-0.3, -0.25) is 0 Å². The second-order valence-corrected chi connectivity index (χ2v) is 6.15. The van der Waals surface area contributed by atoms with E-state index in [2.05, 4.69) is 20.8 Å². The van der Waals surface area contributed by atoms with Gasteiger partial charge in [0.25, 0.3) is 0 Å². The molecule has 5 atom stereocenters. The van der Waals surface area contributed by atoms with E-state index in [0.717, 1.165) is 25.7 Å². The molecule has 6 heteroatoms. The Hall–Kier alpha value is -0.240. The Morgan fingerprint density at radius 3 is 1.75 bits per heavy atom. The molecule has 0 bridgehead atoms. The van der Waals surface area contributed by atoms with E-state index in [1.165, 1.54) is 0 Å². The molecule has 0 amide bonds. The molecule has 1 aliphatic rings. The molecule has 1 aliphatic heterocycles. The molecule has 0 aromatic carbocycles. The molecule has 1 N–H and O–H groups in total. The van der Waals surface area contributed by atoms with Crippen LogP contribution in [0, 0.1) is 0 Å². The number of hydrogen-bond acceptors (Lipinski definition) is 6. The van der Waals surface area contributed by atoms with E-state index in [1.807, 2.05) is 6.92 Å². The van der Waals surface area contributed by atoms with Gasteiger partial charge in [0.1, 0.15) is 24.4 Å². The quantitative estimate of drug-likeness (QED) is 0.516. The summed E-state index contributed by atoms with van der Waals surface area (Å²) in [4.78, 5) is 0. The van der Waals surface area contributed by atoms with Gasteiger partial charge in [0.2, 0.25) is 0 Å². The largest absolute Gasteiger partial charge is 0.379 e. The van der Waals surface area contributed by atoms with Crippen molar-refractivity contribution in [1.82, 2.24) is 0 Å². The summed E-state index contributed by atoms with van der Waals surface area (Å²) >= 11 is 0. The summed E-state index contributed by atoms with van der Waals surface area (Å²) in [5.41, 5.74) is 0. The SMILES string of the molecule is CCCOC[C@H]1O[C@H](O)[C@@H](OCCC)[C@@H](OCCC)[C@@H]1OCCC. The van der Waals surface area contributed by atoms with Crippen LogP contribution < -0.4 is 0 Å². The Morgan fingerprint density at radius 1 is 0.708 bits per heavy atom. The molecule has 1 heterocycles. The van der Waals surface area contributed by atoms with Gasteiger partial charge in [-0.1, -0.05) is 27.7 Å². The third-order valence-corrected chi connectivity index (χ3v) is 3.78. The van der Waals surface area contributed by atoms with E-state index < -0.39 is 12.4 Å². The standard InChI is InChI=1S/C18H36O6/c1-5-9-20-13-14-15(21-10-6-2)16(22-11-7-3)17(18(19)24-14)23-12-8-4/h14-19H,5-13H2,1-4H3/t14-,15-,16+,17+,18+/m1/s1. The highest BCUT2D eigenvalue weighted by atomic mass is 16.7. The molecule has 144 valence electrons. The summed E-state index contributed by atoms with van der Waals surface area (Å²) in [5.74, 6) is 0. The molecule has 0 aromatic heterocycles. The van der Waals surface area contributed by atoms with Crippen molar-refractivity contribution in [1.29, 1.82) is 0 Å². The zero-order valence-corrected chi connectivity index (χ0v) is 15.7. The van der Waals surface area contributed by atoms with E-state index >= 15 is 0 Å². The maximum atomic E-state index is 10.4. The molecule has 6 nitrogen and oxygen atoms in total. The molecule has 0 spiro atoms. The second kappa shape index (κ2) is 13.0. The highest BCUT2D eigenvalue weighted by Gasteiger charge is 2.47. The average Bonchev–Trinajstić information content (AvgIpc) is 2.58. The van der Waals surface area contributed by atoms with E-state index in [0.29, 0.717) is 33.0 Å². The minimum Gasteiger partial charge on any atom is -0.379 e. The molecule has 1 saturated heterocycles. The lowest BCUT2D eigenvalue weighted by atomic mass is 9.98. The van der Waals surface area contributed by atoms with Crippen LogP contribution in [0.25, 0.3) is 0 Å². The van der Waals surface area contributed by atoms with E-state index in [-0.39, 0.29) is 18.3 Å². The van der Waals surface area contributed by atoms with Crippen molar-refractivity contribution in [3.05, 3.63) is 0 Å². The zero-order valence-electron chi connectivity index (χ0n) is 15.7. The fourth-order valence-electron chi connectivity index (χ4n) is 2.70. The second-order valence-electron chi connectivity index (χ2n) is 6.15. The molecule has 1 fully saturated rings. The van der Waals surface area contributed by atoms with Gasteiger partial charge >= 0.3 is 0 Å². The van der Waals surface area contributed by atoms with Crippen LogP contribution in [0.1, 0.15) is 53.4 Å². The van der Waals surface area contributed by atoms with Crippen LogP contribution in [0.4, 0.5) is 0 Å². The van der Waals surface area contributed by atoms with E-state index in [4.69, 9.17) is 23.7 Å². The van der Waals surface area contributed by atoms with Crippen molar-refractivity contribution in [3.8, 4) is 0 Å². The summed E-state index contributed by atoms with van der Waals surface area (Å²) < 4.78 is 29.3. The minimum absolute atomic E-state index is 0.307. The lowest BCUT2D eigenvalue weighted by molar-refractivity contribution is -0.312. The molecule has 24 heavy (non-hydrogen) atoms. The molecular weight excluding hydrogens is 312 g/mol. The molecule has 1 rings (SSSR count). The van der Waals surface area contributed by atoms with Crippen LogP contribution in [-0.2, 0) is 23.7 Å². The van der Waals surface area contributed by atoms with Crippen LogP contribution in [0.5, 0.6) is 0 Å². The van der Waals surface area contributed by atoms with Gasteiger partial charge in [-0.05, 0) is 25.7 Å². The van der Waals surface area contributed by atoms with Gasteiger partial charge in [-0.2, -0.15) is 0 Å². The Morgan fingerprint density at radius 2 is 1.21 bits per heavy atom. The van der Waals surface area contributed by atoms with Gasteiger partial charge in [0.05, 0.1) is 6.61 Å². The van der Waals surface area contributed by atoms with Gasteiger partial charge in [0, 0.05) is 26.4 Å². The smallest absolute Gasteiger partial charge is 0.184 e. The van der Waals surface area contributed by atoms with Crippen LogP contribution in [-0.4, -0.2) is 68.8 Å². The van der Waals surface area contributed by atoms with Crippen molar-refractivity contribution in [2.45, 2.75) is 84.1 Å². The van der Waals surface area contributed by atoms with Crippen molar-refractivity contribution >= 4 is 0 Å². The van der Waals surface area contributed by atoms with Crippen LogP contribution in [0.2, 0.25) is 0 Å². The van der Waals surface area contributed by atoms with Gasteiger partial charge in [0.15, 0.2) is 6.29 Å². The molecule has 0 radical (unpaired) electrons. The molecule has 0 aromatic rings. The monoisotopic (exact) mass is 348 g/mol. The van der Waals surface area contributed by atoms with Crippen LogP contribution in [0.3, 0.4) is 0 Å². The summed E-state index contributed by atoms with van der Waals surface area (Å²) in [7, 11) is 0. The zero-order chi connectivity index (χ0) is 17.8. The average molecular weight is 348 g/mol. The molecule has 0 unspecified atom stereocenters. The number of aliphatic hydroxyl groups is 1.